The van der Waals surface area contributed by atoms with Crippen molar-refractivity contribution in [1.82, 2.24) is 14.5 Å². The molecule has 6 heteroatoms. The Morgan fingerprint density at radius 1 is 1.24 bits per heavy atom. The highest BCUT2D eigenvalue weighted by atomic mass is 32.2. The van der Waals surface area contributed by atoms with Crippen molar-refractivity contribution in [3.63, 3.8) is 0 Å². The molecular formula is C19H25N3O2S. The summed E-state index contributed by atoms with van der Waals surface area (Å²) in [6.45, 7) is 8.53. The summed E-state index contributed by atoms with van der Waals surface area (Å²) in [6.07, 6.45) is 1.18. The van der Waals surface area contributed by atoms with Crippen molar-refractivity contribution in [3.8, 4) is 0 Å². The monoisotopic (exact) mass is 359 g/mol. The lowest BCUT2D eigenvalue weighted by Crippen LogP contribution is -2.43. The first-order valence-corrected chi connectivity index (χ1v) is 9.88. The fourth-order valence-electron chi connectivity index (χ4n) is 3.62. The molecule has 2 aromatic rings. The number of carbonyl (C=O) groups excluding carboxylic acids is 1. The largest absolute Gasteiger partial charge is 0.341 e. The highest BCUT2D eigenvalue weighted by Gasteiger charge is 2.25. The molecule has 5 nitrogen and oxygen atoms in total. The maximum Gasteiger partial charge on any atom is 0.262 e. The second-order valence-corrected chi connectivity index (χ2v) is 7.94. The second-order valence-electron chi connectivity index (χ2n) is 6.99. The maximum atomic E-state index is 12.6. The van der Waals surface area contributed by atoms with Gasteiger partial charge in [-0.2, -0.15) is 0 Å². The summed E-state index contributed by atoms with van der Waals surface area (Å²) >= 11 is 1.37. The first-order chi connectivity index (χ1) is 12.0. The fourth-order valence-corrected chi connectivity index (χ4v) is 4.59. The Morgan fingerprint density at radius 2 is 1.92 bits per heavy atom. The summed E-state index contributed by atoms with van der Waals surface area (Å²) in [5, 5.41) is 1.25. The Morgan fingerprint density at radius 3 is 2.60 bits per heavy atom. The van der Waals surface area contributed by atoms with Gasteiger partial charge < -0.3 is 4.90 Å². The van der Waals surface area contributed by atoms with Gasteiger partial charge in [0.15, 0.2) is 5.16 Å². The predicted octanol–water partition coefficient (Wildman–Crippen LogP) is 3.01. The normalized spacial score (nSPS) is 20.8. The minimum absolute atomic E-state index is 0.0386. The zero-order chi connectivity index (χ0) is 18.0. The van der Waals surface area contributed by atoms with E-state index < -0.39 is 0 Å². The highest BCUT2D eigenvalue weighted by Crippen LogP contribution is 2.23. The molecule has 0 aliphatic carbocycles. The van der Waals surface area contributed by atoms with Crippen molar-refractivity contribution in [2.45, 2.75) is 38.9 Å². The molecule has 1 amide bonds. The second kappa shape index (κ2) is 7.60. The number of likely N-dealkylation sites (tertiary alicyclic amines) is 1. The van der Waals surface area contributed by atoms with Crippen molar-refractivity contribution in [1.29, 1.82) is 0 Å². The molecule has 1 saturated heterocycles. The molecule has 3 rings (SSSR count). The molecule has 0 radical (unpaired) electrons. The van der Waals surface area contributed by atoms with E-state index in [1.165, 1.54) is 18.2 Å². The summed E-state index contributed by atoms with van der Waals surface area (Å²) < 4.78 is 1.65. The van der Waals surface area contributed by atoms with Crippen LogP contribution in [0.5, 0.6) is 0 Å². The standard InChI is InChI=1S/C19H25N3O2S/c1-4-22-18(24)15-7-5-6-8-16(15)20-19(22)25-12-17(23)21-10-13(2)9-14(3)11-21/h5-8,13-14H,4,9-12H2,1-3H3/t13-,14-/m1/s1. The van der Waals surface area contributed by atoms with Crippen molar-refractivity contribution in [2.75, 3.05) is 18.8 Å². The number of rotatable bonds is 4. The molecule has 25 heavy (non-hydrogen) atoms. The molecule has 0 bridgehead atoms. The number of aromatic nitrogens is 2. The lowest BCUT2D eigenvalue weighted by molar-refractivity contribution is -0.130. The molecule has 0 spiro atoms. The Labute approximate surface area is 152 Å². The summed E-state index contributed by atoms with van der Waals surface area (Å²) in [5.41, 5.74) is 0.649. The molecule has 2 atom stereocenters. The van der Waals surface area contributed by atoms with Crippen LogP contribution in [-0.2, 0) is 11.3 Å². The van der Waals surface area contributed by atoms with Crippen molar-refractivity contribution in [2.24, 2.45) is 11.8 Å². The molecule has 1 aromatic heterocycles. The van der Waals surface area contributed by atoms with Crippen LogP contribution in [0.25, 0.3) is 10.9 Å². The zero-order valence-corrected chi connectivity index (χ0v) is 15.9. The zero-order valence-electron chi connectivity index (χ0n) is 15.1. The summed E-state index contributed by atoms with van der Waals surface area (Å²) in [5.74, 6) is 1.55. The molecule has 1 fully saturated rings. The van der Waals surface area contributed by atoms with Crippen LogP contribution in [0, 0.1) is 11.8 Å². The van der Waals surface area contributed by atoms with E-state index >= 15 is 0 Å². The topological polar surface area (TPSA) is 55.2 Å². The van der Waals surface area contributed by atoms with Gasteiger partial charge in [-0.25, -0.2) is 4.98 Å². The lowest BCUT2D eigenvalue weighted by atomic mass is 9.92. The average Bonchev–Trinajstić information content (AvgIpc) is 2.59. The minimum Gasteiger partial charge on any atom is -0.341 e. The first-order valence-electron chi connectivity index (χ1n) is 8.89. The number of piperidine rings is 1. The van der Waals surface area contributed by atoms with Crippen molar-refractivity contribution < 1.29 is 4.79 Å². The van der Waals surface area contributed by atoms with E-state index in [1.54, 1.807) is 10.6 Å². The van der Waals surface area contributed by atoms with Crippen molar-refractivity contribution in [3.05, 3.63) is 34.6 Å². The van der Waals surface area contributed by atoms with Crippen LogP contribution < -0.4 is 5.56 Å². The van der Waals surface area contributed by atoms with Gasteiger partial charge in [-0.3, -0.25) is 14.2 Å². The third-order valence-corrected chi connectivity index (χ3v) is 5.65. The Bertz CT molecular complexity index is 823. The van der Waals surface area contributed by atoms with E-state index in [2.05, 4.69) is 18.8 Å². The number of hydrogen-bond donors (Lipinski definition) is 0. The number of benzene rings is 1. The van der Waals surface area contributed by atoms with Gasteiger partial charge in [-0.1, -0.05) is 37.7 Å². The SMILES string of the molecule is CCn1c(SCC(=O)N2C[C@H](C)C[C@@H](C)C2)nc2ccccc2c1=O. The van der Waals surface area contributed by atoms with Crippen LogP contribution in [0.3, 0.4) is 0 Å². The fraction of sp³-hybridized carbons (Fsp3) is 0.526. The smallest absolute Gasteiger partial charge is 0.262 e. The number of carbonyl (C=O) groups is 1. The van der Waals surface area contributed by atoms with Gasteiger partial charge in [0.05, 0.1) is 16.7 Å². The van der Waals surface area contributed by atoms with E-state index in [9.17, 15) is 9.59 Å². The van der Waals surface area contributed by atoms with Gasteiger partial charge in [0.25, 0.3) is 5.56 Å². The number of fused-ring (bicyclic) bond motifs is 1. The molecule has 0 N–H and O–H groups in total. The average molecular weight is 359 g/mol. The van der Waals surface area contributed by atoms with Crippen LogP contribution in [0.1, 0.15) is 27.2 Å². The van der Waals surface area contributed by atoms with E-state index in [4.69, 9.17) is 0 Å². The summed E-state index contributed by atoms with van der Waals surface area (Å²) in [6, 6.07) is 7.37. The molecule has 2 heterocycles. The molecular weight excluding hydrogens is 334 g/mol. The number of nitrogens with zero attached hydrogens (tertiary/aromatic N) is 3. The first kappa shape index (κ1) is 18.0. The Kier molecular flexibility index (Phi) is 5.47. The van der Waals surface area contributed by atoms with Crippen LogP contribution in [-0.4, -0.2) is 39.2 Å². The van der Waals surface area contributed by atoms with Gasteiger partial charge in [0.1, 0.15) is 0 Å². The van der Waals surface area contributed by atoms with Crippen LogP contribution in [0.15, 0.2) is 34.2 Å². The summed E-state index contributed by atoms with van der Waals surface area (Å²) in [7, 11) is 0. The third-order valence-electron chi connectivity index (χ3n) is 4.69. The van der Waals surface area contributed by atoms with E-state index in [0.29, 0.717) is 40.2 Å². The number of hydrogen-bond acceptors (Lipinski definition) is 4. The Balaban J connectivity index is 1.79. The van der Waals surface area contributed by atoms with Crippen LogP contribution in [0.2, 0.25) is 0 Å². The van der Waals surface area contributed by atoms with E-state index in [1.807, 2.05) is 30.0 Å². The molecule has 134 valence electrons. The molecule has 1 aliphatic heterocycles. The minimum atomic E-state index is -0.0386. The van der Waals surface area contributed by atoms with Gasteiger partial charge in [-0.15, -0.1) is 0 Å². The maximum absolute atomic E-state index is 12.6. The molecule has 0 saturated carbocycles. The van der Waals surface area contributed by atoms with Crippen LogP contribution >= 0.6 is 11.8 Å². The third kappa shape index (κ3) is 3.89. The van der Waals surface area contributed by atoms with Crippen LogP contribution in [0.4, 0.5) is 0 Å². The van der Waals surface area contributed by atoms with E-state index in [0.717, 1.165) is 13.1 Å². The van der Waals surface area contributed by atoms with Gasteiger partial charge in [-0.05, 0) is 37.3 Å². The highest BCUT2D eigenvalue weighted by molar-refractivity contribution is 7.99. The molecule has 0 unspecified atom stereocenters. The Hall–Kier alpha value is -1.82. The van der Waals surface area contributed by atoms with Gasteiger partial charge in [0, 0.05) is 19.6 Å². The number of thioether (sulfide) groups is 1. The van der Waals surface area contributed by atoms with Gasteiger partial charge in [0.2, 0.25) is 5.91 Å². The van der Waals surface area contributed by atoms with Crippen molar-refractivity contribution >= 4 is 28.6 Å². The van der Waals surface area contributed by atoms with E-state index in [-0.39, 0.29) is 11.5 Å². The number of para-hydroxylation sites is 1. The quantitative estimate of drug-likeness (QED) is 0.622. The number of amides is 1. The summed E-state index contributed by atoms with van der Waals surface area (Å²) in [4.78, 5) is 31.8. The predicted molar refractivity (Wildman–Crippen MR) is 102 cm³/mol. The molecule has 1 aromatic carbocycles. The molecule has 1 aliphatic rings. The van der Waals surface area contributed by atoms with Gasteiger partial charge >= 0.3 is 0 Å². The lowest BCUT2D eigenvalue weighted by Gasteiger charge is -2.35.